The van der Waals surface area contributed by atoms with Gasteiger partial charge in [-0.3, -0.25) is 9.59 Å². The van der Waals surface area contributed by atoms with Gasteiger partial charge in [0, 0.05) is 31.3 Å². The summed E-state index contributed by atoms with van der Waals surface area (Å²) in [5, 5.41) is 0. The molecule has 0 spiro atoms. The van der Waals surface area contributed by atoms with Crippen molar-refractivity contribution in [3.8, 4) is 11.5 Å². The fourth-order valence-electron chi connectivity index (χ4n) is 3.15. The van der Waals surface area contributed by atoms with Gasteiger partial charge in [0.15, 0.2) is 0 Å². The van der Waals surface area contributed by atoms with Crippen LogP contribution in [0.15, 0.2) is 53.5 Å². The standard InChI is InChI=1S/C20H24N2O4/c1-25-17-7-9-18(10-8-17)26-15-16-5-4-12-21(13-16)20(24)14-22-11-3-2-6-19(22)23/h2-3,6-11,16H,4-5,12-15H2,1H3/t16-/m0/s1. The third-order valence-electron chi connectivity index (χ3n) is 4.62. The van der Waals surface area contributed by atoms with Gasteiger partial charge in [-0.15, -0.1) is 0 Å². The molecule has 1 atom stereocenters. The van der Waals surface area contributed by atoms with Crippen LogP contribution in [0.2, 0.25) is 0 Å². The van der Waals surface area contributed by atoms with Crippen LogP contribution in [-0.2, 0) is 11.3 Å². The smallest absolute Gasteiger partial charge is 0.250 e. The number of likely N-dealkylation sites (tertiary alicyclic amines) is 1. The van der Waals surface area contributed by atoms with Gasteiger partial charge in [0.1, 0.15) is 18.0 Å². The molecule has 0 bridgehead atoms. The maximum absolute atomic E-state index is 12.5. The number of benzene rings is 1. The number of methoxy groups -OCH3 is 1. The zero-order valence-corrected chi connectivity index (χ0v) is 15.0. The molecule has 1 fully saturated rings. The normalized spacial score (nSPS) is 17.0. The van der Waals surface area contributed by atoms with Crippen LogP contribution >= 0.6 is 0 Å². The highest BCUT2D eigenvalue weighted by Gasteiger charge is 2.24. The minimum absolute atomic E-state index is 0.0209. The molecule has 26 heavy (non-hydrogen) atoms. The molecule has 0 saturated carbocycles. The summed E-state index contributed by atoms with van der Waals surface area (Å²) in [7, 11) is 1.63. The van der Waals surface area contributed by atoms with E-state index in [1.165, 1.54) is 10.6 Å². The molecule has 2 aromatic rings. The van der Waals surface area contributed by atoms with Crippen molar-refractivity contribution in [2.45, 2.75) is 19.4 Å². The molecule has 1 amide bonds. The number of pyridine rings is 1. The van der Waals surface area contributed by atoms with Crippen LogP contribution in [0.4, 0.5) is 0 Å². The monoisotopic (exact) mass is 356 g/mol. The summed E-state index contributed by atoms with van der Waals surface area (Å²) in [5.41, 5.74) is -0.155. The quantitative estimate of drug-likeness (QED) is 0.796. The molecule has 138 valence electrons. The number of amides is 1. The molecule has 1 aromatic heterocycles. The third kappa shape index (κ3) is 4.65. The molecule has 2 heterocycles. The first-order chi connectivity index (χ1) is 12.7. The zero-order valence-electron chi connectivity index (χ0n) is 15.0. The summed E-state index contributed by atoms with van der Waals surface area (Å²) >= 11 is 0. The Morgan fingerprint density at radius 2 is 1.92 bits per heavy atom. The number of hydrogen-bond acceptors (Lipinski definition) is 4. The lowest BCUT2D eigenvalue weighted by Crippen LogP contribution is -2.43. The zero-order chi connectivity index (χ0) is 18.4. The van der Waals surface area contributed by atoms with E-state index in [2.05, 4.69) is 0 Å². The average Bonchev–Trinajstić information content (AvgIpc) is 2.69. The Kier molecular flexibility index (Phi) is 5.94. The van der Waals surface area contributed by atoms with Crippen LogP contribution in [0.5, 0.6) is 11.5 Å². The lowest BCUT2D eigenvalue weighted by molar-refractivity contribution is -0.133. The van der Waals surface area contributed by atoms with Crippen LogP contribution < -0.4 is 15.0 Å². The van der Waals surface area contributed by atoms with Crippen molar-refractivity contribution in [1.82, 2.24) is 9.47 Å². The van der Waals surface area contributed by atoms with Crippen LogP contribution in [0, 0.1) is 5.92 Å². The first-order valence-electron chi connectivity index (χ1n) is 8.86. The van der Waals surface area contributed by atoms with E-state index in [1.807, 2.05) is 29.2 Å². The van der Waals surface area contributed by atoms with Crippen LogP contribution in [0.25, 0.3) is 0 Å². The summed E-state index contributed by atoms with van der Waals surface area (Å²) < 4.78 is 12.4. The summed E-state index contributed by atoms with van der Waals surface area (Å²) in [6, 6.07) is 12.4. The number of hydrogen-bond donors (Lipinski definition) is 0. The number of carbonyl (C=O) groups excluding carboxylic acids is 1. The molecule has 1 aliphatic rings. The van der Waals surface area contributed by atoms with Crippen LogP contribution in [0.1, 0.15) is 12.8 Å². The molecule has 1 saturated heterocycles. The third-order valence-corrected chi connectivity index (χ3v) is 4.62. The van der Waals surface area contributed by atoms with Crippen molar-refractivity contribution in [2.24, 2.45) is 5.92 Å². The van der Waals surface area contributed by atoms with E-state index < -0.39 is 0 Å². The van der Waals surface area contributed by atoms with Gasteiger partial charge in [-0.05, 0) is 43.2 Å². The number of piperidine rings is 1. The van der Waals surface area contributed by atoms with E-state index in [0.717, 1.165) is 30.9 Å². The molecule has 0 radical (unpaired) electrons. The average molecular weight is 356 g/mol. The Bertz CT molecular complexity index is 785. The summed E-state index contributed by atoms with van der Waals surface area (Å²) in [4.78, 5) is 26.1. The maximum Gasteiger partial charge on any atom is 0.250 e. The van der Waals surface area contributed by atoms with E-state index >= 15 is 0 Å². The Morgan fingerprint density at radius 3 is 2.65 bits per heavy atom. The molecule has 0 unspecified atom stereocenters. The predicted molar refractivity (Wildman–Crippen MR) is 98.5 cm³/mol. The second-order valence-electron chi connectivity index (χ2n) is 6.50. The van der Waals surface area contributed by atoms with E-state index in [0.29, 0.717) is 19.1 Å². The molecular weight excluding hydrogens is 332 g/mol. The molecule has 6 nitrogen and oxygen atoms in total. The molecule has 0 aliphatic carbocycles. The Morgan fingerprint density at radius 1 is 1.15 bits per heavy atom. The fraction of sp³-hybridized carbons (Fsp3) is 0.400. The minimum atomic E-state index is -0.155. The molecule has 0 N–H and O–H groups in total. The Hall–Kier alpha value is -2.76. The van der Waals surface area contributed by atoms with Crippen LogP contribution in [0.3, 0.4) is 0 Å². The van der Waals surface area contributed by atoms with Gasteiger partial charge in [-0.2, -0.15) is 0 Å². The summed E-state index contributed by atoms with van der Waals surface area (Å²) in [6.45, 7) is 2.06. The maximum atomic E-state index is 12.5. The second-order valence-corrected chi connectivity index (χ2v) is 6.50. The Labute approximate surface area is 153 Å². The van der Waals surface area contributed by atoms with E-state index in [1.54, 1.807) is 25.4 Å². The minimum Gasteiger partial charge on any atom is -0.497 e. The topological polar surface area (TPSA) is 60.8 Å². The van der Waals surface area contributed by atoms with Crippen molar-refractivity contribution in [1.29, 1.82) is 0 Å². The molecule has 1 aromatic carbocycles. The summed E-state index contributed by atoms with van der Waals surface area (Å²) in [5.74, 6) is 1.86. The Balaban J connectivity index is 1.52. The van der Waals surface area contributed by atoms with Gasteiger partial charge in [0.25, 0.3) is 5.56 Å². The van der Waals surface area contributed by atoms with Gasteiger partial charge in [0.05, 0.1) is 13.7 Å². The van der Waals surface area contributed by atoms with Crippen LogP contribution in [-0.4, -0.2) is 42.2 Å². The second kappa shape index (κ2) is 8.56. The largest absolute Gasteiger partial charge is 0.497 e. The highest BCUT2D eigenvalue weighted by Crippen LogP contribution is 2.21. The number of carbonyl (C=O) groups is 1. The van der Waals surface area contributed by atoms with Crippen molar-refractivity contribution in [2.75, 3.05) is 26.8 Å². The highest BCUT2D eigenvalue weighted by atomic mass is 16.5. The SMILES string of the molecule is COc1ccc(OC[C@H]2CCCN(C(=O)Cn3ccccc3=O)C2)cc1. The molecule has 1 aliphatic heterocycles. The first kappa shape index (κ1) is 18.0. The van der Waals surface area contributed by atoms with E-state index in [4.69, 9.17) is 9.47 Å². The number of ether oxygens (including phenoxy) is 2. The predicted octanol–water partition coefficient (Wildman–Crippen LogP) is 2.17. The molecule has 3 rings (SSSR count). The number of nitrogens with zero attached hydrogens (tertiary/aromatic N) is 2. The lowest BCUT2D eigenvalue weighted by atomic mass is 9.99. The molecular formula is C20H24N2O4. The number of rotatable bonds is 6. The summed E-state index contributed by atoms with van der Waals surface area (Å²) in [6.07, 6.45) is 3.63. The molecule has 6 heteroatoms. The number of aromatic nitrogens is 1. The highest BCUT2D eigenvalue weighted by molar-refractivity contribution is 5.76. The van der Waals surface area contributed by atoms with E-state index in [9.17, 15) is 9.59 Å². The van der Waals surface area contributed by atoms with Crippen molar-refractivity contribution < 1.29 is 14.3 Å². The van der Waals surface area contributed by atoms with Crippen molar-refractivity contribution >= 4 is 5.91 Å². The van der Waals surface area contributed by atoms with Gasteiger partial charge in [-0.1, -0.05) is 6.07 Å². The van der Waals surface area contributed by atoms with Gasteiger partial charge >= 0.3 is 0 Å². The van der Waals surface area contributed by atoms with Crippen molar-refractivity contribution in [3.05, 3.63) is 59.0 Å². The lowest BCUT2D eigenvalue weighted by Gasteiger charge is -2.32. The van der Waals surface area contributed by atoms with Gasteiger partial charge in [0.2, 0.25) is 5.91 Å². The van der Waals surface area contributed by atoms with Gasteiger partial charge in [-0.25, -0.2) is 0 Å². The van der Waals surface area contributed by atoms with E-state index in [-0.39, 0.29) is 18.0 Å². The fourth-order valence-corrected chi connectivity index (χ4v) is 3.15. The first-order valence-corrected chi connectivity index (χ1v) is 8.86. The van der Waals surface area contributed by atoms with Crippen molar-refractivity contribution in [3.63, 3.8) is 0 Å². The van der Waals surface area contributed by atoms with Gasteiger partial charge < -0.3 is 18.9 Å².